The lowest BCUT2D eigenvalue weighted by Gasteiger charge is -2.25. The van der Waals surface area contributed by atoms with Gasteiger partial charge in [0.05, 0.1) is 0 Å². The molecule has 4 heteroatoms. The summed E-state index contributed by atoms with van der Waals surface area (Å²) < 4.78 is 0. The molecule has 0 spiro atoms. The van der Waals surface area contributed by atoms with Crippen LogP contribution in [-0.2, 0) is 0 Å². The van der Waals surface area contributed by atoms with Crippen molar-refractivity contribution in [3.63, 3.8) is 0 Å². The monoisotopic (exact) mass is 227 g/mol. The quantitative estimate of drug-likeness (QED) is 0.840. The maximum atomic E-state index is 10.7. The number of carboxylic acid groups (broad SMARTS) is 1. The predicted octanol–water partition coefficient (Wildman–Crippen LogP) is 3.07. The molecule has 0 fully saturated rings. The lowest BCUT2D eigenvalue weighted by atomic mass is 10.1. The molecule has 1 rings (SSSR count). The van der Waals surface area contributed by atoms with Crippen LogP contribution in [0.5, 0.6) is 0 Å². The zero-order valence-corrected chi connectivity index (χ0v) is 10.2. The fraction of sp³-hybridized carbons (Fsp3) is 0.545. The van der Waals surface area contributed by atoms with Gasteiger partial charge < -0.3 is 10.0 Å². The van der Waals surface area contributed by atoms with E-state index in [0.717, 1.165) is 18.5 Å². The Hall–Kier alpha value is -1.03. The summed E-state index contributed by atoms with van der Waals surface area (Å²) >= 11 is 1.28. The third-order valence-corrected chi connectivity index (χ3v) is 3.48. The predicted molar refractivity (Wildman–Crippen MR) is 64.1 cm³/mol. The van der Waals surface area contributed by atoms with Crippen molar-refractivity contribution in [1.82, 2.24) is 0 Å². The summed E-state index contributed by atoms with van der Waals surface area (Å²) in [5.74, 6) is -0.845. The van der Waals surface area contributed by atoms with E-state index in [9.17, 15) is 4.79 Å². The highest BCUT2D eigenvalue weighted by Crippen LogP contribution is 2.24. The second-order valence-corrected chi connectivity index (χ2v) is 4.63. The minimum absolute atomic E-state index is 0.403. The molecule has 1 aromatic rings. The number of hydrogen-bond donors (Lipinski definition) is 1. The molecule has 1 aromatic heterocycles. The second-order valence-electron chi connectivity index (χ2n) is 3.72. The summed E-state index contributed by atoms with van der Waals surface area (Å²) in [7, 11) is 2.01. The highest BCUT2D eigenvalue weighted by atomic mass is 32.1. The largest absolute Gasteiger partial charge is 0.477 e. The standard InChI is InChI=1S/C11H17NO2S/c1-4-5-8(2)12(3)9-6-10(11(13)14)15-7-9/h6-8H,4-5H2,1-3H3,(H,13,14). The van der Waals surface area contributed by atoms with Crippen LogP contribution in [0.25, 0.3) is 0 Å². The van der Waals surface area contributed by atoms with Gasteiger partial charge in [-0.2, -0.15) is 0 Å². The molecule has 15 heavy (non-hydrogen) atoms. The van der Waals surface area contributed by atoms with Crippen molar-refractivity contribution in [1.29, 1.82) is 0 Å². The molecule has 1 unspecified atom stereocenters. The molecule has 0 aliphatic heterocycles. The number of thiophene rings is 1. The van der Waals surface area contributed by atoms with Gasteiger partial charge in [-0.3, -0.25) is 0 Å². The van der Waals surface area contributed by atoms with E-state index in [0.29, 0.717) is 10.9 Å². The van der Waals surface area contributed by atoms with E-state index in [1.807, 2.05) is 12.4 Å². The average molecular weight is 227 g/mol. The van der Waals surface area contributed by atoms with Crippen LogP contribution in [0.1, 0.15) is 36.4 Å². The molecule has 0 aliphatic carbocycles. The highest BCUT2D eigenvalue weighted by Gasteiger charge is 2.13. The lowest BCUT2D eigenvalue weighted by Crippen LogP contribution is -2.28. The summed E-state index contributed by atoms with van der Waals surface area (Å²) in [5, 5.41) is 10.7. The molecule has 84 valence electrons. The molecule has 0 bridgehead atoms. The van der Waals surface area contributed by atoms with Crippen LogP contribution in [-0.4, -0.2) is 24.2 Å². The first-order valence-corrected chi connectivity index (χ1v) is 5.98. The molecule has 3 nitrogen and oxygen atoms in total. The van der Waals surface area contributed by atoms with Gasteiger partial charge in [-0.25, -0.2) is 4.79 Å². The second kappa shape index (κ2) is 5.16. The normalized spacial score (nSPS) is 12.5. The van der Waals surface area contributed by atoms with Gasteiger partial charge >= 0.3 is 5.97 Å². The zero-order valence-electron chi connectivity index (χ0n) is 9.36. The molecule has 1 N–H and O–H groups in total. The minimum Gasteiger partial charge on any atom is -0.477 e. The third-order valence-electron chi connectivity index (χ3n) is 2.57. The molecule has 0 aromatic carbocycles. The van der Waals surface area contributed by atoms with Crippen LogP contribution in [0.15, 0.2) is 11.4 Å². The van der Waals surface area contributed by atoms with Crippen LogP contribution >= 0.6 is 11.3 Å². The average Bonchev–Trinajstić information content (AvgIpc) is 2.65. The topological polar surface area (TPSA) is 40.5 Å². The van der Waals surface area contributed by atoms with E-state index in [2.05, 4.69) is 18.7 Å². The SMILES string of the molecule is CCCC(C)N(C)c1csc(C(=O)O)c1. The Labute approximate surface area is 94.3 Å². The molecule has 1 heterocycles. The van der Waals surface area contributed by atoms with E-state index in [4.69, 9.17) is 5.11 Å². The molecule has 0 aliphatic rings. The van der Waals surface area contributed by atoms with Gasteiger partial charge in [-0.1, -0.05) is 13.3 Å². The van der Waals surface area contributed by atoms with Crippen molar-refractivity contribution < 1.29 is 9.90 Å². The van der Waals surface area contributed by atoms with Crippen molar-refractivity contribution >= 4 is 23.0 Å². The van der Waals surface area contributed by atoms with Gasteiger partial charge in [0.15, 0.2) is 0 Å². The Morgan fingerprint density at radius 2 is 2.33 bits per heavy atom. The van der Waals surface area contributed by atoms with Crippen LogP contribution < -0.4 is 4.90 Å². The van der Waals surface area contributed by atoms with E-state index >= 15 is 0 Å². The van der Waals surface area contributed by atoms with E-state index in [1.165, 1.54) is 11.3 Å². The van der Waals surface area contributed by atoms with Crippen molar-refractivity contribution in [2.45, 2.75) is 32.7 Å². The Morgan fingerprint density at radius 1 is 1.67 bits per heavy atom. The summed E-state index contributed by atoms with van der Waals surface area (Å²) in [6, 6.07) is 2.19. The fourth-order valence-electron chi connectivity index (χ4n) is 1.49. The molecule has 0 radical (unpaired) electrons. The smallest absolute Gasteiger partial charge is 0.345 e. The summed E-state index contributed by atoms with van der Waals surface area (Å²) in [6.45, 7) is 4.31. The van der Waals surface area contributed by atoms with Crippen LogP contribution in [0.4, 0.5) is 5.69 Å². The third kappa shape index (κ3) is 2.96. The Kier molecular flexibility index (Phi) is 4.15. The van der Waals surface area contributed by atoms with Gasteiger partial charge in [0, 0.05) is 24.2 Å². The Balaban J connectivity index is 2.73. The van der Waals surface area contributed by atoms with Crippen molar-refractivity contribution in [3.05, 3.63) is 16.3 Å². The van der Waals surface area contributed by atoms with Gasteiger partial charge in [0.2, 0.25) is 0 Å². The van der Waals surface area contributed by atoms with E-state index in [1.54, 1.807) is 6.07 Å². The number of carboxylic acids is 1. The maximum Gasteiger partial charge on any atom is 0.345 e. The molecule has 0 saturated heterocycles. The number of hydrogen-bond acceptors (Lipinski definition) is 3. The number of aromatic carboxylic acids is 1. The van der Waals surface area contributed by atoms with E-state index in [-0.39, 0.29) is 0 Å². The van der Waals surface area contributed by atoms with Gasteiger partial charge in [-0.05, 0) is 19.4 Å². The fourth-order valence-corrected chi connectivity index (χ4v) is 2.26. The maximum absolute atomic E-state index is 10.7. The molecule has 0 amide bonds. The first-order chi connectivity index (χ1) is 7.06. The number of nitrogens with zero attached hydrogens (tertiary/aromatic N) is 1. The van der Waals surface area contributed by atoms with Crippen molar-refractivity contribution in [3.8, 4) is 0 Å². The zero-order chi connectivity index (χ0) is 11.4. The first-order valence-electron chi connectivity index (χ1n) is 5.11. The Bertz CT molecular complexity index is 335. The minimum atomic E-state index is -0.845. The summed E-state index contributed by atoms with van der Waals surface area (Å²) in [5.41, 5.74) is 0.998. The van der Waals surface area contributed by atoms with Gasteiger partial charge in [0.25, 0.3) is 0 Å². The lowest BCUT2D eigenvalue weighted by molar-refractivity contribution is 0.0702. The highest BCUT2D eigenvalue weighted by molar-refractivity contribution is 7.12. The van der Waals surface area contributed by atoms with E-state index < -0.39 is 5.97 Å². The van der Waals surface area contributed by atoms with Crippen LogP contribution in [0.2, 0.25) is 0 Å². The van der Waals surface area contributed by atoms with Gasteiger partial charge in [0.1, 0.15) is 4.88 Å². The molecular formula is C11H17NO2S. The summed E-state index contributed by atoms with van der Waals surface area (Å²) in [4.78, 5) is 13.3. The Morgan fingerprint density at radius 3 is 2.80 bits per heavy atom. The first kappa shape index (κ1) is 12.0. The number of anilines is 1. The van der Waals surface area contributed by atoms with Crippen LogP contribution in [0, 0.1) is 0 Å². The van der Waals surface area contributed by atoms with Crippen molar-refractivity contribution in [2.75, 3.05) is 11.9 Å². The van der Waals surface area contributed by atoms with Crippen LogP contribution in [0.3, 0.4) is 0 Å². The number of carbonyl (C=O) groups is 1. The molecular weight excluding hydrogens is 210 g/mol. The molecule has 0 saturated carbocycles. The van der Waals surface area contributed by atoms with Gasteiger partial charge in [-0.15, -0.1) is 11.3 Å². The molecule has 1 atom stereocenters. The van der Waals surface area contributed by atoms with Crippen molar-refractivity contribution in [2.24, 2.45) is 0 Å². The number of rotatable bonds is 5. The summed E-state index contributed by atoms with van der Waals surface area (Å²) in [6.07, 6.45) is 2.26.